The van der Waals surface area contributed by atoms with E-state index in [1.807, 2.05) is 36.4 Å². The van der Waals surface area contributed by atoms with Gasteiger partial charge in [0.05, 0.1) is 11.0 Å². The SMILES string of the molecule is CCc1ccc(Oc2ccc(-c3nc4ccc(OC(N)=O)cc4[nH]3)cc2)cc1. The molecule has 0 aliphatic carbocycles. The van der Waals surface area contributed by atoms with Crippen molar-refractivity contribution in [3.05, 3.63) is 72.3 Å². The van der Waals surface area contributed by atoms with Crippen LogP contribution in [0.2, 0.25) is 0 Å². The molecule has 1 heterocycles. The Labute approximate surface area is 161 Å². The number of benzene rings is 3. The van der Waals surface area contributed by atoms with Gasteiger partial charge in [-0.15, -0.1) is 0 Å². The number of aryl methyl sites for hydroxylation is 1. The Morgan fingerprint density at radius 2 is 1.61 bits per heavy atom. The number of H-pyrrole nitrogens is 1. The fourth-order valence-electron chi connectivity index (χ4n) is 2.92. The fourth-order valence-corrected chi connectivity index (χ4v) is 2.92. The largest absolute Gasteiger partial charge is 0.457 e. The molecule has 0 unspecified atom stereocenters. The lowest BCUT2D eigenvalue weighted by Crippen LogP contribution is -2.16. The third-order valence-corrected chi connectivity index (χ3v) is 4.37. The van der Waals surface area contributed by atoms with Crippen LogP contribution in [-0.4, -0.2) is 16.1 Å². The molecule has 0 spiro atoms. The van der Waals surface area contributed by atoms with E-state index in [4.69, 9.17) is 15.2 Å². The summed E-state index contributed by atoms with van der Waals surface area (Å²) in [6, 6.07) is 20.9. The highest BCUT2D eigenvalue weighted by molar-refractivity contribution is 5.81. The van der Waals surface area contributed by atoms with Crippen molar-refractivity contribution in [3.63, 3.8) is 0 Å². The monoisotopic (exact) mass is 373 g/mol. The molecule has 1 amide bonds. The molecule has 0 bridgehead atoms. The number of nitrogens with one attached hydrogen (secondary N) is 1. The van der Waals surface area contributed by atoms with Crippen molar-refractivity contribution < 1.29 is 14.3 Å². The van der Waals surface area contributed by atoms with Crippen LogP contribution in [0.1, 0.15) is 12.5 Å². The predicted octanol–water partition coefficient (Wildman–Crippen LogP) is 5.04. The van der Waals surface area contributed by atoms with E-state index >= 15 is 0 Å². The van der Waals surface area contributed by atoms with E-state index in [-0.39, 0.29) is 0 Å². The maximum atomic E-state index is 10.9. The number of nitrogens with two attached hydrogens (primary N) is 1. The zero-order chi connectivity index (χ0) is 19.5. The number of aromatic amines is 1. The number of aromatic nitrogens is 2. The van der Waals surface area contributed by atoms with E-state index in [2.05, 4.69) is 29.0 Å². The minimum atomic E-state index is -0.848. The van der Waals surface area contributed by atoms with Crippen molar-refractivity contribution in [3.8, 4) is 28.6 Å². The van der Waals surface area contributed by atoms with E-state index in [1.165, 1.54) is 5.56 Å². The number of amides is 1. The summed E-state index contributed by atoms with van der Waals surface area (Å²) in [5.74, 6) is 2.63. The maximum Gasteiger partial charge on any atom is 0.409 e. The van der Waals surface area contributed by atoms with Gasteiger partial charge in [-0.25, -0.2) is 9.78 Å². The number of carbonyl (C=O) groups excluding carboxylic acids is 1. The van der Waals surface area contributed by atoms with Crippen LogP contribution in [0.4, 0.5) is 4.79 Å². The molecule has 3 N–H and O–H groups in total. The first-order chi connectivity index (χ1) is 13.6. The van der Waals surface area contributed by atoms with Crippen LogP contribution < -0.4 is 15.2 Å². The van der Waals surface area contributed by atoms with Crippen LogP contribution >= 0.6 is 0 Å². The van der Waals surface area contributed by atoms with Gasteiger partial charge in [0.15, 0.2) is 0 Å². The van der Waals surface area contributed by atoms with Crippen LogP contribution in [0, 0.1) is 0 Å². The molecule has 4 rings (SSSR count). The molecule has 4 aromatic rings. The number of nitrogens with zero attached hydrogens (tertiary/aromatic N) is 1. The first kappa shape index (κ1) is 17.6. The molecule has 0 aliphatic heterocycles. The second-order valence-corrected chi connectivity index (χ2v) is 6.31. The number of hydrogen-bond acceptors (Lipinski definition) is 4. The predicted molar refractivity (Wildman–Crippen MR) is 108 cm³/mol. The number of carbonyl (C=O) groups is 1. The zero-order valence-corrected chi connectivity index (χ0v) is 15.3. The Balaban J connectivity index is 1.53. The van der Waals surface area contributed by atoms with Gasteiger partial charge in [-0.3, -0.25) is 0 Å². The zero-order valence-electron chi connectivity index (χ0n) is 15.3. The molecule has 140 valence electrons. The molecular weight excluding hydrogens is 354 g/mol. The summed E-state index contributed by atoms with van der Waals surface area (Å²) in [6.07, 6.45) is 0.154. The quantitative estimate of drug-likeness (QED) is 0.513. The van der Waals surface area contributed by atoms with Crippen molar-refractivity contribution in [1.29, 1.82) is 0 Å². The van der Waals surface area contributed by atoms with Gasteiger partial charge in [0.25, 0.3) is 0 Å². The van der Waals surface area contributed by atoms with Crippen LogP contribution in [0.25, 0.3) is 22.4 Å². The summed E-state index contributed by atoms with van der Waals surface area (Å²) < 4.78 is 10.8. The van der Waals surface area contributed by atoms with Gasteiger partial charge >= 0.3 is 6.09 Å². The van der Waals surface area contributed by atoms with Crippen LogP contribution in [0.3, 0.4) is 0 Å². The molecule has 1 aromatic heterocycles. The lowest BCUT2D eigenvalue weighted by molar-refractivity contribution is 0.211. The Kier molecular flexibility index (Phi) is 4.68. The normalized spacial score (nSPS) is 10.8. The lowest BCUT2D eigenvalue weighted by atomic mass is 10.2. The van der Waals surface area contributed by atoms with Crippen LogP contribution in [0.15, 0.2) is 66.7 Å². The lowest BCUT2D eigenvalue weighted by Gasteiger charge is -2.07. The highest BCUT2D eigenvalue weighted by atomic mass is 16.5. The number of imidazole rings is 1. The summed E-state index contributed by atoms with van der Waals surface area (Å²) in [6.45, 7) is 2.12. The topological polar surface area (TPSA) is 90.2 Å². The Morgan fingerprint density at radius 3 is 2.25 bits per heavy atom. The van der Waals surface area contributed by atoms with Crippen LogP contribution in [-0.2, 0) is 6.42 Å². The number of fused-ring (bicyclic) bond motifs is 1. The third kappa shape index (κ3) is 3.81. The second-order valence-electron chi connectivity index (χ2n) is 6.31. The van der Waals surface area contributed by atoms with E-state index in [0.717, 1.165) is 34.5 Å². The average molecular weight is 373 g/mol. The van der Waals surface area contributed by atoms with E-state index < -0.39 is 6.09 Å². The van der Waals surface area contributed by atoms with Gasteiger partial charge < -0.3 is 20.2 Å². The smallest absolute Gasteiger partial charge is 0.409 e. The first-order valence-corrected chi connectivity index (χ1v) is 8.95. The highest BCUT2D eigenvalue weighted by Crippen LogP contribution is 2.27. The number of ether oxygens (including phenoxy) is 2. The molecule has 0 saturated carbocycles. The molecule has 28 heavy (non-hydrogen) atoms. The minimum absolute atomic E-state index is 0.369. The van der Waals surface area contributed by atoms with E-state index in [9.17, 15) is 4.79 Å². The van der Waals surface area contributed by atoms with Gasteiger partial charge in [0.1, 0.15) is 23.1 Å². The van der Waals surface area contributed by atoms with Gasteiger partial charge in [-0.1, -0.05) is 19.1 Å². The highest BCUT2D eigenvalue weighted by Gasteiger charge is 2.08. The Morgan fingerprint density at radius 1 is 0.964 bits per heavy atom. The Hall–Kier alpha value is -3.80. The molecule has 0 aliphatic rings. The molecule has 0 atom stereocenters. The summed E-state index contributed by atoms with van der Waals surface area (Å²) in [7, 11) is 0. The summed E-state index contributed by atoms with van der Waals surface area (Å²) >= 11 is 0. The average Bonchev–Trinajstić information content (AvgIpc) is 3.12. The minimum Gasteiger partial charge on any atom is -0.457 e. The summed E-state index contributed by atoms with van der Waals surface area (Å²) in [5, 5.41) is 0. The van der Waals surface area contributed by atoms with Crippen LogP contribution in [0.5, 0.6) is 17.2 Å². The summed E-state index contributed by atoms with van der Waals surface area (Å²) in [4.78, 5) is 18.7. The second kappa shape index (κ2) is 7.44. The fraction of sp³-hybridized carbons (Fsp3) is 0.0909. The molecule has 3 aromatic carbocycles. The van der Waals surface area contributed by atoms with E-state index in [0.29, 0.717) is 11.6 Å². The molecule has 0 saturated heterocycles. The van der Waals surface area contributed by atoms with E-state index in [1.54, 1.807) is 18.2 Å². The Bertz CT molecular complexity index is 1120. The molecular formula is C22H19N3O3. The maximum absolute atomic E-state index is 10.9. The molecule has 6 nitrogen and oxygen atoms in total. The summed E-state index contributed by atoms with van der Waals surface area (Å²) in [5.41, 5.74) is 8.76. The number of primary amides is 1. The van der Waals surface area contributed by atoms with Gasteiger partial charge in [0, 0.05) is 11.6 Å². The van der Waals surface area contributed by atoms with Gasteiger partial charge in [-0.05, 0) is 60.5 Å². The molecule has 0 fully saturated rings. The standard InChI is InChI=1S/C22H19N3O3/c1-2-14-3-7-16(8-4-14)27-17-9-5-15(6-10-17)21-24-19-12-11-18(28-22(23)26)13-20(19)25-21/h3-13H,2H2,1H3,(H2,23,26)(H,24,25). The van der Waals surface area contributed by atoms with Crippen molar-refractivity contribution >= 4 is 17.1 Å². The first-order valence-electron chi connectivity index (χ1n) is 8.95. The van der Waals surface area contributed by atoms with Crippen molar-refractivity contribution in [2.45, 2.75) is 13.3 Å². The van der Waals surface area contributed by atoms with Crippen molar-refractivity contribution in [1.82, 2.24) is 9.97 Å². The van der Waals surface area contributed by atoms with Gasteiger partial charge in [0.2, 0.25) is 0 Å². The number of rotatable bonds is 5. The van der Waals surface area contributed by atoms with Crippen molar-refractivity contribution in [2.24, 2.45) is 5.73 Å². The molecule has 6 heteroatoms. The van der Waals surface area contributed by atoms with Crippen molar-refractivity contribution in [2.75, 3.05) is 0 Å². The van der Waals surface area contributed by atoms with Gasteiger partial charge in [-0.2, -0.15) is 0 Å². The molecule has 0 radical (unpaired) electrons. The number of hydrogen-bond donors (Lipinski definition) is 2. The third-order valence-electron chi connectivity index (χ3n) is 4.37.